The van der Waals surface area contributed by atoms with Gasteiger partial charge in [-0.25, -0.2) is 4.98 Å². The molecule has 4 nitrogen and oxygen atoms in total. The molecule has 0 unspecified atom stereocenters. The van der Waals surface area contributed by atoms with Crippen LogP contribution in [0.4, 0.5) is 0 Å². The summed E-state index contributed by atoms with van der Waals surface area (Å²) in [7, 11) is 0. The lowest BCUT2D eigenvalue weighted by molar-refractivity contribution is -0.147. The highest BCUT2D eigenvalue weighted by Gasteiger charge is 2.40. The SMILES string of the molecule is C[C@@]1(C(=O)O)CCN(Cc2nc(-c3ccccc3Cl)cs2)C1. The number of benzene rings is 1. The van der Waals surface area contributed by atoms with E-state index < -0.39 is 11.4 Å². The number of hydrogen-bond donors (Lipinski definition) is 1. The Morgan fingerprint density at radius 1 is 1.50 bits per heavy atom. The van der Waals surface area contributed by atoms with Gasteiger partial charge in [0.15, 0.2) is 0 Å². The summed E-state index contributed by atoms with van der Waals surface area (Å²) < 4.78 is 0. The first-order chi connectivity index (χ1) is 10.5. The van der Waals surface area contributed by atoms with Crippen LogP contribution in [0.2, 0.25) is 5.02 Å². The number of thiazole rings is 1. The Labute approximate surface area is 138 Å². The molecule has 1 aliphatic heterocycles. The Hall–Kier alpha value is -1.43. The van der Waals surface area contributed by atoms with E-state index in [0.29, 0.717) is 24.5 Å². The van der Waals surface area contributed by atoms with Crippen molar-refractivity contribution in [2.24, 2.45) is 5.41 Å². The molecule has 1 atom stereocenters. The summed E-state index contributed by atoms with van der Waals surface area (Å²) in [5.74, 6) is -0.717. The van der Waals surface area contributed by atoms with E-state index in [1.165, 1.54) is 0 Å². The van der Waals surface area contributed by atoms with Crippen LogP contribution >= 0.6 is 22.9 Å². The van der Waals surface area contributed by atoms with Crippen LogP contribution in [-0.2, 0) is 11.3 Å². The minimum Gasteiger partial charge on any atom is -0.481 e. The van der Waals surface area contributed by atoms with Crippen LogP contribution in [0.25, 0.3) is 11.3 Å². The number of aromatic nitrogens is 1. The van der Waals surface area contributed by atoms with Crippen LogP contribution in [0.1, 0.15) is 18.4 Å². The highest BCUT2D eigenvalue weighted by atomic mass is 35.5. The topological polar surface area (TPSA) is 53.4 Å². The Balaban J connectivity index is 1.71. The van der Waals surface area contributed by atoms with Crippen LogP contribution in [0.3, 0.4) is 0 Å². The summed E-state index contributed by atoms with van der Waals surface area (Å²) in [6.45, 7) is 3.87. The van der Waals surface area contributed by atoms with Gasteiger partial charge in [0.2, 0.25) is 0 Å². The van der Waals surface area contributed by atoms with E-state index in [1.807, 2.05) is 36.6 Å². The highest BCUT2D eigenvalue weighted by molar-refractivity contribution is 7.09. The molecule has 1 fully saturated rings. The fourth-order valence-corrected chi connectivity index (χ4v) is 3.80. The number of carbonyl (C=O) groups is 1. The first kappa shape index (κ1) is 15.5. The summed E-state index contributed by atoms with van der Waals surface area (Å²) in [4.78, 5) is 18.1. The zero-order valence-corrected chi connectivity index (χ0v) is 13.8. The third-order valence-electron chi connectivity index (χ3n) is 4.13. The number of halogens is 1. The Morgan fingerprint density at radius 3 is 2.95 bits per heavy atom. The summed E-state index contributed by atoms with van der Waals surface area (Å²) in [6, 6.07) is 7.66. The Kier molecular flexibility index (Phi) is 4.21. The van der Waals surface area contributed by atoms with E-state index in [4.69, 9.17) is 11.6 Å². The quantitative estimate of drug-likeness (QED) is 0.923. The molecule has 0 saturated carbocycles. The van der Waals surface area contributed by atoms with Crippen LogP contribution in [0.15, 0.2) is 29.6 Å². The Bertz CT molecular complexity index is 703. The average molecular weight is 337 g/mol. The number of likely N-dealkylation sites (tertiary alicyclic amines) is 1. The van der Waals surface area contributed by atoms with E-state index in [0.717, 1.165) is 22.8 Å². The molecule has 22 heavy (non-hydrogen) atoms. The molecular formula is C16H17ClN2O2S. The largest absolute Gasteiger partial charge is 0.481 e. The molecule has 1 saturated heterocycles. The molecule has 6 heteroatoms. The molecule has 0 spiro atoms. The van der Waals surface area contributed by atoms with E-state index >= 15 is 0 Å². The fraction of sp³-hybridized carbons (Fsp3) is 0.375. The van der Waals surface area contributed by atoms with Crippen molar-refractivity contribution in [1.82, 2.24) is 9.88 Å². The fourth-order valence-electron chi connectivity index (χ4n) is 2.73. The van der Waals surface area contributed by atoms with Gasteiger partial charge in [-0.1, -0.05) is 29.8 Å². The molecular weight excluding hydrogens is 320 g/mol. The lowest BCUT2D eigenvalue weighted by Crippen LogP contribution is -2.31. The van der Waals surface area contributed by atoms with Gasteiger partial charge >= 0.3 is 5.97 Å². The van der Waals surface area contributed by atoms with E-state index in [9.17, 15) is 9.90 Å². The maximum Gasteiger partial charge on any atom is 0.310 e. The molecule has 1 aromatic carbocycles. The summed E-state index contributed by atoms with van der Waals surface area (Å²) in [5.41, 5.74) is 1.18. The third-order valence-corrected chi connectivity index (χ3v) is 5.29. The van der Waals surface area contributed by atoms with Crippen molar-refractivity contribution >= 4 is 28.9 Å². The normalized spacial score (nSPS) is 22.1. The highest BCUT2D eigenvalue weighted by Crippen LogP contribution is 2.33. The average Bonchev–Trinajstić information content (AvgIpc) is 3.08. The van der Waals surface area contributed by atoms with Crippen molar-refractivity contribution in [2.75, 3.05) is 13.1 Å². The Morgan fingerprint density at radius 2 is 2.27 bits per heavy atom. The van der Waals surface area contributed by atoms with E-state index in [1.54, 1.807) is 11.3 Å². The predicted molar refractivity (Wildman–Crippen MR) is 88.2 cm³/mol. The summed E-state index contributed by atoms with van der Waals surface area (Å²) in [6.07, 6.45) is 0.686. The molecule has 1 aromatic heterocycles. The first-order valence-corrected chi connectivity index (χ1v) is 8.39. The van der Waals surface area contributed by atoms with Crippen molar-refractivity contribution in [3.63, 3.8) is 0 Å². The number of rotatable bonds is 4. The van der Waals surface area contributed by atoms with Crippen molar-refractivity contribution < 1.29 is 9.90 Å². The maximum absolute atomic E-state index is 11.3. The molecule has 2 heterocycles. The monoisotopic (exact) mass is 336 g/mol. The molecule has 0 amide bonds. The zero-order valence-electron chi connectivity index (χ0n) is 12.3. The number of aliphatic carboxylic acids is 1. The number of carboxylic acids is 1. The molecule has 2 aromatic rings. The van der Waals surface area contributed by atoms with Gasteiger partial charge in [0, 0.05) is 22.5 Å². The van der Waals surface area contributed by atoms with Gasteiger partial charge in [0.1, 0.15) is 5.01 Å². The smallest absolute Gasteiger partial charge is 0.310 e. The van der Waals surface area contributed by atoms with Gasteiger partial charge in [-0.05, 0) is 26.0 Å². The van der Waals surface area contributed by atoms with Crippen LogP contribution < -0.4 is 0 Å². The third kappa shape index (κ3) is 3.02. The van der Waals surface area contributed by atoms with Crippen LogP contribution in [-0.4, -0.2) is 34.0 Å². The van der Waals surface area contributed by atoms with Gasteiger partial charge in [0.05, 0.1) is 17.7 Å². The van der Waals surface area contributed by atoms with Gasteiger partial charge < -0.3 is 5.11 Å². The van der Waals surface area contributed by atoms with E-state index in [-0.39, 0.29) is 0 Å². The molecule has 3 rings (SSSR count). The van der Waals surface area contributed by atoms with Crippen LogP contribution in [0.5, 0.6) is 0 Å². The second-order valence-electron chi connectivity index (χ2n) is 5.93. The second kappa shape index (κ2) is 5.99. The van der Waals surface area contributed by atoms with Gasteiger partial charge in [-0.2, -0.15) is 0 Å². The van der Waals surface area contributed by atoms with Gasteiger partial charge in [0.25, 0.3) is 0 Å². The zero-order chi connectivity index (χ0) is 15.7. The molecule has 0 radical (unpaired) electrons. The van der Waals surface area contributed by atoms with Crippen molar-refractivity contribution in [1.29, 1.82) is 0 Å². The standard InChI is InChI=1S/C16H17ClN2O2S/c1-16(15(20)21)6-7-19(10-16)8-14-18-13(9-22-14)11-4-2-3-5-12(11)17/h2-5,9H,6-8,10H2,1H3,(H,20,21)/t16-/m1/s1. The second-order valence-corrected chi connectivity index (χ2v) is 7.28. The van der Waals surface area contributed by atoms with Gasteiger partial charge in [-0.15, -0.1) is 11.3 Å². The minimum atomic E-state index is -0.717. The predicted octanol–water partition coefficient (Wildman–Crippen LogP) is 3.76. The molecule has 0 aliphatic carbocycles. The van der Waals surface area contributed by atoms with E-state index in [2.05, 4.69) is 9.88 Å². The van der Waals surface area contributed by atoms with Crippen molar-refractivity contribution in [3.8, 4) is 11.3 Å². The summed E-state index contributed by atoms with van der Waals surface area (Å²) in [5, 5.41) is 13.0. The van der Waals surface area contributed by atoms with Crippen molar-refractivity contribution in [3.05, 3.63) is 39.7 Å². The van der Waals surface area contributed by atoms with Gasteiger partial charge in [-0.3, -0.25) is 9.69 Å². The summed E-state index contributed by atoms with van der Waals surface area (Å²) >= 11 is 7.79. The lowest BCUT2D eigenvalue weighted by Gasteiger charge is -2.19. The number of hydrogen-bond acceptors (Lipinski definition) is 4. The molecule has 116 valence electrons. The number of carboxylic acid groups (broad SMARTS) is 1. The molecule has 1 N–H and O–H groups in total. The first-order valence-electron chi connectivity index (χ1n) is 7.13. The number of nitrogens with zero attached hydrogens (tertiary/aromatic N) is 2. The molecule has 0 bridgehead atoms. The van der Waals surface area contributed by atoms with Crippen LogP contribution in [0, 0.1) is 5.41 Å². The van der Waals surface area contributed by atoms with Crippen molar-refractivity contribution in [2.45, 2.75) is 19.9 Å². The minimum absolute atomic E-state index is 0.573. The maximum atomic E-state index is 11.3. The lowest BCUT2D eigenvalue weighted by atomic mass is 9.90. The molecule has 1 aliphatic rings.